The molecule has 31 heavy (non-hydrogen) atoms. The van der Waals surface area contributed by atoms with Gasteiger partial charge >= 0.3 is 0 Å². The molecule has 158 valence electrons. The SMILES string of the molecule is CCCCOc1ccc(/C=C2/SC(=S)N(c3cccc4ccccc34)C2=O)cc1OC. The van der Waals surface area contributed by atoms with Crippen molar-refractivity contribution in [2.45, 2.75) is 19.8 Å². The predicted molar refractivity (Wildman–Crippen MR) is 133 cm³/mol. The molecule has 1 aliphatic rings. The summed E-state index contributed by atoms with van der Waals surface area (Å²) in [6.45, 7) is 2.77. The molecule has 1 fully saturated rings. The molecule has 4 rings (SSSR count). The Morgan fingerprint density at radius 2 is 1.87 bits per heavy atom. The van der Waals surface area contributed by atoms with Crippen LogP contribution in [0.3, 0.4) is 0 Å². The van der Waals surface area contributed by atoms with Gasteiger partial charge in [0, 0.05) is 5.39 Å². The molecule has 1 heterocycles. The fourth-order valence-electron chi connectivity index (χ4n) is 3.45. The largest absolute Gasteiger partial charge is 0.493 e. The van der Waals surface area contributed by atoms with Crippen LogP contribution in [0.4, 0.5) is 5.69 Å². The number of nitrogens with zero attached hydrogens (tertiary/aromatic N) is 1. The van der Waals surface area contributed by atoms with Gasteiger partial charge in [0.15, 0.2) is 15.8 Å². The zero-order valence-electron chi connectivity index (χ0n) is 17.5. The highest BCUT2D eigenvalue weighted by Gasteiger charge is 2.34. The van der Waals surface area contributed by atoms with Crippen LogP contribution in [0.5, 0.6) is 11.5 Å². The van der Waals surface area contributed by atoms with Crippen molar-refractivity contribution in [2.24, 2.45) is 0 Å². The molecule has 0 spiro atoms. The number of benzene rings is 3. The van der Waals surface area contributed by atoms with E-state index in [0.717, 1.165) is 34.9 Å². The molecule has 1 aliphatic heterocycles. The summed E-state index contributed by atoms with van der Waals surface area (Å²) in [7, 11) is 1.62. The second kappa shape index (κ2) is 9.54. The molecular formula is C25H23NO3S2. The van der Waals surface area contributed by atoms with E-state index >= 15 is 0 Å². The summed E-state index contributed by atoms with van der Waals surface area (Å²) in [5.41, 5.74) is 1.67. The van der Waals surface area contributed by atoms with Crippen molar-refractivity contribution in [3.05, 3.63) is 71.1 Å². The standard InChI is InChI=1S/C25H23NO3S2/c1-3-4-14-29-21-13-12-17(15-22(21)28-2)16-23-24(27)26(25(30)31-23)20-11-7-9-18-8-5-6-10-19(18)20/h5-13,15-16H,3-4,14H2,1-2H3/b23-16+. The summed E-state index contributed by atoms with van der Waals surface area (Å²) >= 11 is 6.88. The van der Waals surface area contributed by atoms with Gasteiger partial charge in [0.25, 0.3) is 5.91 Å². The van der Waals surface area contributed by atoms with Crippen molar-refractivity contribution in [3.8, 4) is 11.5 Å². The maximum atomic E-state index is 13.3. The minimum atomic E-state index is -0.117. The smallest absolute Gasteiger partial charge is 0.270 e. The predicted octanol–water partition coefficient (Wildman–Crippen LogP) is 6.43. The third-order valence-electron chi connectivity index (χ3n) is 5.04. The van der Waals surface area contributed by atoms with Gasteiger partial charge in [-0.1, -0.05) is 79.8 Å². The normalized spacial score (nSPS) is 15.2. The zero-order chi connectivity index (χ0) is 21.8. The van der Waals surface area contributed by atoms with Crippen molar-refractivity contribution < 1.29 is 14.3 Å². The van der Waals surface area contributed by atoms with Crippen molar-refractivity contribution >= 4 is 56.7 Å². The first-order valence-electron chi connectivity index (χ1n) is 10.2. The van der Waals surface area contributed by atoms with Gasteiger partial charge < -0.3 is 9.47 Å². The second-order valence-corrected chi connectivity index (χ2v) is 8.80. The number of rotatable bonds is 7. The molecule has 4 nitrogen and oxygen atoms in total. The van der Waals surface area contributed by atoms with Crippen molar-refractivity contribution in [3.63, 3.8) is 0 Å². The van der Waals surface area contributed by atoms with Gasteiger partial charge in [-0.2, -0.15) is 0 Å². The number of carbonyl (C=O) groups is 1. The Morgan fingerprint density at radius 1 is 1.06 bits per heavy atom. The molecule has 0 saturated carbocycles. The zero-order valence-corrected chi connectivity index (χ0v) is 19.1. The molecule has 0 radical (unpaired) electrons. The first-order valence-corrected chi connectivity index (χ1v) is 11.4. The number of thioether (sulfide) groups is 1. The van der Waals surface area contributed by atoms with Crippen LogP contribution in [0.1, 0.15) is 25.3 Å². The Hall–Kier alpha value is -2.83. The molecule has 1 amide bonds. The van der Waals surface area contributed by atoms with E-state index in [1.807, 2.05) is 66.7 Å². The van der Waals surface area contributed by atoms with Crippen LogP contribution in [-0.4, -0.2) is 23.9 Å². The molecule has 0 atom stereocenters. The summed E-state index contributed by atoms with van der Waals surface area (Å²) in [5.74, 6) is 1.24. The van der Waals surface area contributed by atoms with Crippen LogP contribution in [0.25, 0.3) is 16.8 Å². The quantitative estimate of drug-likeness (QED) is 0.236. The van der Waals surface area contributed by atoms with Crippen LogP contribution < -0.4 is 14.4 Å². The van der Waals surface area contributed by atoms with Crippen LogP contribution in [0.2, 0.25) is 0 Å². The number of hydrogen-bond donors (Lipinski definition) is 0. The van der Waals surface area contributed by atoms with E-state index in [1.54, 1.807) is 12.0 Å². The lowest BCUT2D eigenvalue weighted by molar-refractivity contribution is -0.113. The van der Waals surface area contributed by atoms with Crippen LogP contribution >= 0.6 is 24.0 Å². The second-order valence-electron chi connectivity index (χ2n) is 7.13. The number of unbranched alkanes of at least 4 members (excludes halogenated alkanes) is 1. The molecule has 6 heteroatoms. The van der Waals surface area contributed by atoms with E-state index in [1.165, 1.54) is 11.8 Å². The van der Waals surface area contributed by atoms with Crippen LogP contribution in [0, 0.1) is 0 Å². The Labute approximate surface area is 191 Å². The number of ether oxygens (including phenoxy) is 2. The number of anilines is 1. The number of carbonyl (C=O) groups excluding carboxylic acids is 1. The number of fused-ring (bicyclic) bond motifs is 1. The highest BCUT2D eigenvalue weighted by atomic mass is 32.2. The van der Waals surface area contributed by atoms with Crippen molar-refractivity contribution in [2.75, 3.05) is 18.6 Å². The van der Waals surface area contributed by atoms with E-state index in [9.17, 15) is 4.79 Å². The Kier molecular flexibility index (Phi) is 6.59. The lowest BCUT2D eigenvalue weighted by Crippen LogP contribution is -2.27. The molecule has 1 saturated heterocycles. The summed E-state index contributed by atoms with van der Waals surface area (Å²) in [6, 6.07) is 19.6. The number of thiocarbonyl (C=S) groups is 1. The molecule has 0 aliphatic carbocycles. The molecule has 0 N–H and O–H groups in total. The first kappa shape index (κ1) is 21.4. The minimum absolute atomic E-state index is 0.117. The average Bonchev–Trinajstić information content (AvgIpc) is 3.07. The summed E-state index contributed by atoms with van der Waals surface area (Å²) in [6.07, 6.45) is 3.91. The Bertz CT molecular complexity index is 1170. The van der Waals surface area contributed by atoms with Gasteiger partial charge in [0.2, 0.25) is 0 Å². The van der Waals surface area contributed by atoms with Gasteiger partial charge in [0.1, 0.15) is 0 Å². The molecule has 3 aromatic rings. The molecule has 0 aromatic heterocycles. The topological polar surface area (TPSA) is 38.8 Å². The van der Waals surface area contributed by atoms with Crippen LogP contribution in [-0.2, 0) is 4.79 Å². The van der Waals surface area contributed by atoms with E-state index < -0.39 is 0 Å². The molecule has 3 aromatic carbocycles. The molecule has 0 bridgehead atoms. The van der Waals surface area contributed by atoms with Crippen LogP contribution in [0.15, 0.2) is 65.6 Å². The number of hydrogen-bond acceptors (Lipinski definition) is 5. The number of methoxy groups -OCH3 is 1. The van der Waals surface area contributed by atoms with Gasteiger partial charge in [0.05, 0.1) is 24.3 Å². The van der Waals surface area contributed by atoms with Gasteiger partial charge in [-0.3, -0.25) is 9.69 Å². The van der Waals surface area contributed by atoms with Gasteiger partial charge in [-0.25, -0.2) is 0 Å². The van der Waals surface area contributed by atoms with E-state index in [2.05, 4.69) is 6.92 Å². The average molecular weight is 450 g/mol. The third-order valence-corrected chi connectivity index (χ3v) is 6.34. The van der Waals surface area contributed by atoms with E-state index in [-0.39, 0.29) is 5.91 Å². The highest BCUT2D eigenvalue weighted by molar-refractivity contribution is 8.27. The fourth-order valence-corrected chi connectivity index (χ4v) is 4.73. The number of amides is 1. The summed E-state index contributed by atoms with van der Waals surface area (Å²) in [4.78, 5) is 15.5. The minimum Gasteiger partial charge on any atom is -0.493 e. The maximum absolute atomic E-state index is 13.3. The first-order chi connectivity index (χ1) is 15.1. The summed E-state index contributed by atoms with van der Waals surface area (Å²) in [5, 5.41) is 2.07. The van der Waals surface area contributed by atoms with Crippen molar-refractivity contribution in [1.82, 2.24) is 0 Å². The Balaban J connectivity index is 1.63. The maximum Gasteiger partial charge on any atom is 0.270 e. The summed E-state index contributed by atoms with van der Waals surface area (Å²) < 4.78 is 11.8. The van der Waals surface area contributed by atoms with Crippen molar-refractivity contribution in [1.29, 1.82) is 0 Å². The monoisotopic (exact) mass is 449 g/mol. The van der Waals surface area contributed by atoms with E-state index in [4.69, 9.17) is 21.7 Å². The molecule has 0 unspecified atom stereocenters. The van der Waals surface area contributed by atoms with Gasteiger partial charge in [-0.05, 0) is 41.6 Å². The molecular weight excluding hydrogens is 426 g/mol. The third kappa shape index (κ3) is 4.45. The highest BCUT2D eigenvalue weighted by Crippen LogP contribution is 2.39. The lowest BCUT2D eigenvalue weighted by Gasteiger charge is -2.17. The van der Waals surface area contributed by atoms with Gasteiger partial charge in [-0.15, -0.1) is 0 Å². The van der Waals surface area contributed by atoms with E-state index in [0.29, 0.717) is 27.3 Å². The fraction of sp³-hybridized carbons (Fsp3) is 0.200. The Morgan fingerprint density at radius 3 is 2.68 bits per heavy atom. The lowest BCUT2D eigenvalue weighted by atomic mass is 10.1.